The van der Waals surface area contributed by atoms with Gasteiger partial charge in [-0.3, -0.25) is 13.9 Å². The number of rotatable bonds is 6. The maximum Gasteiger partial charge on any atom is 0.335 e. The molecule has 0 aliphatic rings. The molecule has 2 aromatic heterocycles. The number of nitrogens with zero attached hydrogens (tertiary/aromatic N) is 4. The van der Waals surface area contributed by atoms with Crippen LogP contribution in [-0.2, 0) is 6.54 Å². The molecule has 36 heavy (non-hydrogen) atoms. The Bertz CT molecular complexity index is 1650. The summed E-state index contributed by atoms with van der Waals surface area (Å²) < 4.78 is 4.42. The molecule has 182 valence electrons. The first-order chi connectivity index (χ1) is 17.4. The number of imidazole rings is 1. The van der Waals surface area contributed by atoms with Gasteiger partial charge < -0.3 is 5.73 Å². The number of nitrogens with two attached hydrogens (primary N) is 1. The third kappa shape index (κ3) is 4.06. The minimum atomic E-state index is -0.360. The summed E-state index contributed by atoms with van der Waals surface area (Å²) in [5.74, 6) is 0.793. The van der Waals surface area contributed by atoms with Gasteiger partial charge in [-0.1, -0.05) is 67.9 Å². The van der Waals surface area contributed by atoms with Crippen molar-refractivity contribution in [1.82, 2.24) is 18.7 Å². The number of benzene rings is 3. The van der Waals surface area contributed by atoms with Crippen LogP contribution in [0.25, 0.3) is 33.9 Å². The molecule has 0 spiro atoms. The zero-order valence-electron chi connectivity index (χ0n) is 20.1. The summed E-state index contributed by atoms with van der Waals surface area (Å²) in [5.41, 5.74) is 8.76. The fraction of sp³-hybridized carbons (Fsp3) is 0.179. The number of halogens is 1. The van der Waals surface area contributed by atoms with Crippen LogP contribution in [0.1, 0.15) is 25.3 Å². The fourth-order valence-corrected chi connectivity index (χ4v) is 4.51. The lowest BCUT2D eigenvalue weighted by Gasteiger charge is -2.15. The second-order valence-electron chi connectivity index (χ2n) is 8.90. The molecule has 0 fully saturated rings. The molecular weight excluding hydrogens is 474 g/mol. The van der Waals surface area contributed by atoms with Crippen molar-refractivity contribution in [2.75, 3.05) is 6.54 Å². The average molecular weight is 500 g/mol. The first-order valence-corrected chi connectivity index (χ1v) is 12.2. The van der Waals surface area contributed by atoms with E-state index in [9.17, 15) is 9.59 Å². The van der Waals surface area contributed by atoms with Crippen molar-refractivity contribution < 1.29 is 0 Å². The summed E-state index contributed by atoms with van der Waals surface area (Å²) in [5, 5.41) is 0.555. The highest BCUT2D eigenvalue weighted by atomic mass is 35.5. The Morgan fingerprint density at radius 1 is 0.861 bits per heavy atom. The van der Waals surface area contributed by atoms with Crippen molar-refractivity contribution in [3.63, 3.8) is 0 Å². The van der Waals surface area contributed by atoms with E-state index in [1.807, 2.05) is 54.6 Å². The molecule has 8 heteroatoms. The molecule has 2 N–H and O–H groups in total. The van der Waals surface area contributed by atoms with Gasteiger partial charge in [0.15, 0.2) is 11.2 Å². The standard InChI is InChI=1S/C28H26ClN5O2/c1-18(2)19-8-10-20(11-9-19)25-31-26-24(27(35)33(25)23-14-12-21(29)13-15-23)32(17-16-30)28(36)34(26)22-6-4-3-5-7-22/h3-15,18H,16-17,30H2,1-2H3. The van der Waals surface area contributed by atoms with Crippen molar-refractivity contribution in [1.29, 1.82) is 0 Å². The van der Waals surface area contributed by atoms with E-state index in [0.717, 1.165) is 5.56 Å². The van der Waals surface area contributed by atoms with Gasteiger partial charge in [0.05, 0.1) is 11.4 Å². The van der Waals surface area contributed by atoms with Gasteiger partial charge in [-0.2, -0.15) is 0 Å². The Labute approximate surface area is 213 Å². The predicted molar refractivity (Wildman–Crippen MR) is 145 cm³/mol. The smallest absolute Gasteiger partial charge is 0.329 e. The van der Waals surface area contributed by atoms with E-state index < -0.39 is 0 Å². The second-order valence-corrected chi connectivity index (χ2v) is 9.33. The van der Waals surface area contributed by atoms with Crippen LogP contribution in [0.4, 0.5) is 0 Å². The molecule has 0 aliphatic carbocycles. The molecule has 0 atom stereocenters. The first kappa shape index (κ1) is 23.8. The van der Waals surface area contributed by atoms with Crippen LogP contribution >= 0.6 is 11.6 Å². The number of fused-ring (bicyclic) bond motifs is 1. The van der Waals surface area contributed by atoms with Crippen LogP contribution in [0.2, 0.25) is 5.02 Å². The van der Waals surface area contributed by atoms with E-state index >= 15 is 0 Å². The Balaban J connectivity index is 1.91. The Kier molecular flexibility index (Phi) is 6.35. The predicted octanol–water partition coefficient (Wildman–Crippen LogP) is 4.74. The van der Waals surface area contributed by atoms with Gasteiger partial charge >= 0.3 is 5.69 Å². The van der Waals surface area contributed by atoms with Crippen molar-refractivity contribution in [3.8, 4) is 22.8 Å². The molecule has 0 saturated carbocycles. The lowest BCUT2D eigenvalue weighted by Crippen LogP contribution is -2.28. The summed E-state index contributed by atoms with van der Waals surface area (Å²) in [4.78, 5) is 32.7. The van der Waals surface area contributed by atoms with Gasteiger partial charge in [0, 0.05) is 23.7 Å². The maximum atomic E-state index is 14.2. The van der Waals surface area contributed by atoms with Crippen molar-refractivity contribution >= 4 is 22.8 Å². The molecule has 2 heterocycles. The van der Waals surface area contributed by atoms with Gasteiger partial charge in [-0.05, 0) is 47.9 Å². The van der Waals surface area contributed by atoms with Gasteiger partial charge in [-0.25, -0.2) is 14.3 Å². The summed E-state index contributed by atoms with van der Waals surface area (Å²) in [6.45, 7) is 4.64. The monoisotopic (exact) mass is 499 g/mol. The number of hydrogen-bond donors (Lipinski definition) is 1. The summed E-state index contributed by atoms with van der Waals surface area (Å²) >= 11 is 6.13. The van der Waals surface area contributed by atoms with Crippen molar-refractivity contribution in [2.45, 2.75) is 26.3 Å². The minimum absolute atomic E-state index is 0.190. The summed E-state index contributed by atoms with van der Waals surface area (Å²) in [7, 11) is 0. The largest absolute Gasteiger partial charge is 0.335 e. The topological polar surface area (TPSA) is 87.8 Å². The van der Waals surface area contributed by atoms with Crippen molar-refractivity contribution in [3.05, 3.63) is 110 Å². The molecule has 0 radical (unpaired) electrons. The highest BCUT2D eigenvalue weighted by Gasteiger charge is 2.23. The average Bonchev–Trinajstić information content (AvgIpc) is 3.17. The summed E-state index contributed by atoms with van der Waals surface area (Å²) in [6.07, 6.45) is 0. The molecule has 0 aliphatic heterocycles. The van der Waals surface area contributed by atoms with Gasteiger partial charge in [0.25, 0.3) is 5.56 Å². The SMILES string of the molecule is CC(C)c1ccc(-c2nc3c(c(=O)n2-c2ccc(Cl)cc2)n(CCN)c(=O)n3-c2ccccc2)cc1. The Morgan fingerprint density at radius 2 is 1.50 bits per heavy atom. The summed E-state index contributed by atoms with van der Waals surface area (Å²) in [6, 6.07) is 24.1. The van der Waals surface area contributed by atoms with Gasteiger partial charge in [0.1, 0.15) is 5.82 Å². The Morgan fingerprint density at radius 3 is 2.11 bits per heavy atom. The molecule has 0 bridgehead atoms. The van der Waals surface area contributed by atoms with E-state index in [1.165, 1.54) is 19.3 Å². The quantitative estimate of drug-likeness (QED) is 0.365. The molecule has 7 nitrogen and oxygen atoms in total. The number of hydrogen-bond acceptors (Lipinski definition) is 4. The third-order valence-electron chi connectivity index (χ3n) is 6.23. The van der Waals surface area contributed by atoms with E-state index in [-0.39, 0.29) is 35.5 Å². The highest BCUT2D eigenvalue weighted by molar-refractivity contribution is 6.30. The lowest BCUT2D eigenvalue weighted by atomic mass is 10.0. The van der Waals surface area contributed by atoms with E-state index in [4.69, 9.17) is 22.3 Å². The Hall–Kier alpha value is -3.94. The van der Waals surface area contributed by atoms with Gasteiger partial charge in [-0.15, -0.1) is 0 Å². The van der Waals surface area contributed by atoms with Crippen LogP contribution in [-0.4, -0.2) is 25.2 Å². The highest BCUT2D eigenvalue weighted by Crippen LogP contribution is 2.26. The molecule has 0 amide bonds. The molecule has 0 unspecified atom stereocenters. The molecule has 0 saturated heterocycles. The fourth-order valence-electron chi connectivity index (χ4n) is 4.39. The molecule has 5 aromatic rings. The van der Waals surface area contributed by atoms with Crippen LogP contribution < -0.4 is 17.0 Å². The lowest BCUT2D eigenvalue weighted by molar-refractivity contribution is 0.687. The van der Waals surface area contributed by atoms with Crippen molar-refractivity contribution in [2.24, 2.45) is 5.73 Å². The van der Waals surface area contributed by atoms with E-state index in [1.54, 1.807) is 24.3 Å². The van der Waals surface area contributed by atoms with E-state index in [2.05, 4.69) is 13.8 Å². The third-order valence-corrected chi connectivity index (χ3v) is 6.48. The molecule has 3 aromatic carbocycles. The zero-order chi connectivity index (χ0) is 25.4. The van der Waals surface area contributed by atoms with Crippen LogP contribution in [0.5, 0.6) is 0 Å². The molecule has 5 rings (SSSR count). The second kappa shape index (κ2) is 9.60. The minimum Gasteiger partial charge on any atom is -0.329 e. The number of aromatic nitrogens is 4. The zero-order valence-corrected chi connectivity index (χ0v) is 20.8. The van der Waals surface area contributed by atoms with E-state index in [0.29, 0.717) is 28.1 Å². The van der Waals surface area contributed by atoms with Gasteiger partial charge in [0.2, 0.25) is 0 Å². The van der Waals surface area contributed by atoms with Crippen LogP contribution in [0.3, 0.4) is 0 Å². The molecular formula is C28H26ClN5O2. The van der Waals surface area contributed by atoms with Crippen LogP contribution in [0, 0.1) is 0 Å². The first-order valence-electron chi connectivity index (χ1n) is 11.8. The maximum absolute atomic E-state index is 14.2. The number of para-hydroxylation sites is 1. The van der Waals surface area contributed by atoms with Crippen LogP contribution in [0.15, 0.2) is 88.5 Å². The normalized spacial score (nSPS) is 11.5.